The van der Waals surface area contributed by atoms with Crippen LogP contribution in [0, 0.1) is 5.41 Å². The molecule has 2 heterocycles. The second-order valence-corrected chi connectivity index (χ2v) is 11.5. The third-order valence-electron chi connectivity index (χ3n) is 8.06. The first-order chi connectivity index (χ1) is 17.5. The summed E-state index contributed by atoms with van der Waals surface area (Å²) >= 11 is 2.08. The molecule has 4 rings (SSSR count). The number of likely N-dealkylation sites (tertiary alicyclic amines) is 1. The maximum absolute atomic E-state index is 12.8. The van der Waals surface area contributed by atoms with Crippen LogP contribution in [0.3, 0.4) is 0 Å². The molecule has 1 atom stereocenters. The molecule has 1 saturated carbocycles. The van der Waals surface area contributed by atoms with E-state index in [9.17, 15) is 20.2 Å². The monoisotopic (exact) mass is 517 g/mol. The van der Waals surface area contributed by atoms with Crippen molar-refractivity contribution in [3.63, 3.8) is 0 Å². The Hall–Kier alpha value is -1.91. The number of benzene rings is 1. The first-order valence-electron chi connectivity index (χ1n) is 13.0. The van der Waals surface area contributed by atoms with Crippen molar-refractivity contribution < 1.29 is 25.0 Å². The summed E-state index contributed by atoms with van der Waals surface area (Å²) in [7, 11) is 1.58. The van der Waals surface area contributed by atoms with Crippen molar-refractivity contribution in [3.05, 3.63) is 35.5 Å². The number of methoxy groups -OCH3 is 1. The first kappa shape index (κ1) is 27.1. The van der Waals surface area contributed by atoms with Gasteiger partial charge in [-0.3, -0.25) is 15.0 Å². The number of rotatable bonds is 11. The summed E-state index contributed by atoms with van der Waals surface area (Å²) in [6.45, 7) is 2.37. The Morgan fingerprint density at radius 1 is 1.31 bits per heavy atom. The number of fused-ring (bicyclic) bond motifs is 1. The van der Waals surface area contributed by atoms with E-state index in [1.54, 1.807) is 13.3 Å². The number of ether oxygens (including phenoxy) is 1. The lowest BCUT2D eigenvalue weighted by Gasteiger charge is -2.40. The minimum absolute atomic E-state index is 0.247. The van der Waals surface area contributed by atoms with Crippen LogP contribution >= 0.6 is 11.8 Å². The summed E-state index contributed by atoms with van der Waals surface area (Å²) < 4.78 is 5.36. The summed E-state index contributed by atoms with van der Waals surface area (Å²) in [6.07, 6.45) is 8.12. The van der Waals surface area contributed by atoms with Crippen LogP contribution in [0.1, 0.15) is 68.6 Å². The standard InChI is InChI=1S/C27H39N3O5S/c1-35-20-6-7-23-22(16-20)25(19(18-31)17-28-23)24(32)8-9-27(26(33)29-34)10-12-30(13-11-27)14-15-36-21-4-2-3-5-21/h6-7,16-17,21,24,31-32,34H,2-5,8-15,18H2,1H3,(H,29,33)/t24-/m1/s1. The summed E-state index contributed by atoms with van der Waals surface area (Å²) in [5, 5.41) is 32.3. The van der Waals surface area contributed by atoms with Gasteiger partial charge in [-0.25, -0.2) is 5.48 Å². The smallest absolute Gasteiger partial charge is 0.249 e. The summed E-state index contributed by atoms with van der Waals surface area (Å²) in [5.41, 5.74) is 3.03. The number of amides is 1. The number of hydrogen-bond donors (Lipinski definition) is 4. The molecule has 2 aliphatic rings. The van der Waals surface area contributed by atoms with Gasteiger partial charge in [-0.15, -0.1) is 0 Å². The van der Waals surface area contributed by atoms with Crippen molar-refractivity contribution >= 4 is 28.6 Å². The highest BCUT2D eigenvalue weighted by molar-refractivity contribution is 7.99. The van der Waals surface area contributed by atoms with Crippen molar-refractivity contribution in [2.75, 3.05) is 32.5 Å². The van der Waals surface area contributed by atoms with E-state index in [0.717, 1.165) is 36.0 Å². The topological polar surface area (TPSA) is 115 Å². The van der Waals surface area contributed by atoms with Gasteiger partial charge in [0.2, 0.25) is 5.91 Å². The molecule has 1 aliphatic carbocycles. The molecule has 1 aliphatic heterocycles. The van der Waals surface area contributed by atoms with Gasteiger partial charge < -0.3 is 19.8 Å². The van der Waals surface area contributed by atoms with Gasteiger partial charge in [0.15, 0.2) is 0 Å². The van der Waals surface area contributed by atoms with E-state index >= 15 is 0 Å². The molecule has 0 unspecified atom stereocenters. The predicted molar refractivity (Wildman–Crippen MR) is 141 cm³/mol. The van der Waals surface area contributed by atoms with E-state index < -0.39 is 11.5 Å². The van der Waals surface area contributed by atoms with Gasteiger partial charge in [0.05, 0.1) is 30.8 Å². The molecule has 0 radical (unpaired) electrons. The molecule has 198 valence electrons. The number of thioether (sulfide) groups is 1. The third-order valence-corrected chi connectivity index (χ3v) is 9.42. The first-order valence-corrected chi connectivity index (χ1v) is 14.1. The SMILES string of the molecule is COc1ccc2ncc(CO)c([C@H](O)CCC3(C(=O)NO)CCN(CCSC4CCCC4)CC3)c2c1. The van der Waals surface area contributed by atoms with Crippen LogP contribution in [0.5, 0.6) is 5.75 Å². The van der Waals surface area contributed by atoms with Crippen molar-refractivity contribution in [2.24, 2.45) is 5.41 Å². The maximum atomic E-state index is 12.8. The Morgan fingerprint density at radius 2 is 2.06 bits per heavy atom. The van der Waals surface area contributed by atoms with Gasteiger partial charge in [0.1, 0.15) is 5.75 Å². The molecule has 2 aromatic rings. The van der Waals surface area contributed by atoms with Crippen LogP contribution in [-0.4, -0.2) is 69.0 Å². The summed E-state index contributed by atoms with van der Waals surface area (Å²) in [4.78, 5) is 19.6. The highest BCUT2D eigenvalue weighted by atomic mass is 32.2. The second kappa shape index (κ2) is 12.6. The van der Waals surface area contributed by atoms with E-state index in [4.69, 9.17) is 4.74 Å². The summed E-state index contributed by atoms with van der Waals surface area (Å²) in [6, 6.07) is 5.45. The number of hydroxylamine groups is 1. The molecule has 36 heavy (non-hydrogen) atoms. The lowest BCUT2D eigenvalue weighted by atomic mass is 9.73. The van der Waals surface area contributed by atoms with Gasteiger partial charge >= 0.3 is 0 Å². The molecular formula is C27H39N3O5S. The number of piperidine rings is 1. The van der Waals surface area contributed by atoms with Crippen LogP contribution in [0.25, 0.3) is 10.9 Å². The number of nitrogens with one attached hydrogen (secondary N) is 1. The van der Waals surface area contributed by atoms with E-state index in [-0.39, 0.29) is 12.5 Å². The molecule has 1 amide bonds. The zero-order valence-corrected chi connectivity index (χ0v) is 21.9. The number of aliphatic hydroxyl groups excluding tert-OH is 2. The number of carbonyl (C=O) groups is 1. The number of hydrogen-bond acceptors (Lipinski definition) is 8. The number of aliphatic hydroxyl groups is 2. The maximum Gasteiger partial charge on any atom is 0.249 e. The third kappa shape index (κ3) is 6.14. The Kier molecular flexibility index (Phi) is 9.47. The second-order valence-electron chi connectivity index (χ2n) is 10.1. The van der Waals surface area contributed by atoms with Gasteiger partial charge in [0, 0.05) is 34.7 Å². The van der Waals surface area contributed by atoms with Gasteiger partial charge in [0.25, 0.3) is 0 Å². The number of carbonyl (C=O) groups excluding carboxylic acids is 1. The normalized spacial score (nSPS) is 19.4. The highest BCUT2D eigenvalue weighted by Crippen LogP contribution is 2.40. The van der Waals surface area contributed by atoms with Crippen molar-refractivity contribution in [3.8, 4) is 5.75 Å². The minimum Gasteiger partial charge on any atom is -0.497 e. The van der Waals surface area contributed by atoms with Crippen LogP contribution in [-0.2, 0) is 11.4 Å². The lowest BCUT2D eigenvalue weighted by Crippen LogP contribution is -2.48. The molecule has 0 bridgehead atoms. The zero-order valence-electron chi connectivity index (χ0n) is 21.1. The number of pyridine rings is 1. The Morgan fingerprint density at radius 3 is 2.72 bits per heavy atom. The molecule has 0 spiro atoms. The average Bonchev–Trinajstić information content (AvgIpc) is 3.44. The average molecular weight is 518 g/mol. The molecule has 2 fully saturated rings. The number of nitrogens with zero attached hydrogens (tertiary/aromatic N) is 2. The minimum atomic E-state index is -0.894. The van der Waals surface area contributed by atoms with Gasteiger partial charge in [-0.1, -0.05) is 12.8 Å². The molecule has 1 saturated heterocycles. The molecule has 4 N–H and O–H groups in total. The zero-order chi connectivity index (χ0) is 25.5. The van der Waals surface area contributed by atoms with Crippen LogP contribution in [0.4, 0.5) is 0 Å². The molecule has 8 nitrogen and oxygen atoms in total. The van der Waals surface area contributed by atoms with E-state index in [2.05, 4.69) is 21.6 Å². The largest absolute Gasteiger partial charge is 0.497 e. The fourth-order valence-electron chi connectivity index (χ4n) is 5.75. The molecule has 9 heteroatoms. The summed E-state index contributed by atoms with van der Waals surface area (Å²) in [5.74, 6) is 1.38. The Balaban J connectivity index is 1.42. The fraction of sp³-hybridized carbons (Fsp3) is 0.630. The predicted octanol–water partition coefficient (Wildman–Crippen LogP) is 3.81. The number of aromatic nitrogens is 1. The molecule has 1 aromatic heterocycles. The Bertz CT molecular complexity index is 1020. The van der Waals surface area contributed by atoms with E-state index in [0.29, 0.717) is 48.1 Å². The van der Waals surface area contributed by atoms with Crippen molar-refractivity contribution in [1.29, 1.82) is 0 Å². The highest BCUT2D eigenvalue weighted by Gasteiger charge is 2.41. The van der Waals surface area contributed by atoms with Crippen LogP contribution < -0.4 is 10.2 Å². The van der Waals surface area contributed by atoms with Crippen molar-refractivity contribution in [2.45, 2.75) is 69.3 Å². The van der Waals surface area contributed by atoms with Crippen LogP contribution in [0.15, 0.2) is 24.4 Å². The van der Waals surface area contributed by atoms with Gasteiger partial charge in [-0.2, -0.15) is 11.8 Å². The fourth-order valence-corrected chi connectivity index (χ4v) is 7.12. The molecular weight excluding hydrogens is 478 g/mol. The Labute approximate surface area is 217 Å². The van der Waals surface area contributed by atoms with Gasteiger partial charge in [-0.05, 0) is 75.4 Å². The lowest BCUT2D eigenvalue weighted by molar-refractivity contribution is -0.143. The van der Waals surface area contributed by atoms with Crippen LogP contribution in [0.2, 0.25) is 0 Å². The van der Waals surface area contributed by atoms with E-state index in [1.807, 2.05) is 23.7 Å². The van der Waals surface area contributed by atoms with Crippen molar-refractivity contribution in [1.82, 2.24) is 15.4 Å². The molecule has 1 aromatic carbocycles. The quantitative estimate of drug-likeness (QED) is 0.263. The van der Waals surface area contributed by atoms with E-state index in [1.165, 1.54) is 25.7 Å².